The van der Waals surface area contributed by atoms with Gasteiger partial charge < -0.3 is 10.5 Å². The van der Waals surface area contributed by atoms with Crippen LogP contribution < -0.4 is 10.5 Å². The van der Waals surface area contributed by atoms with E-state index in [9.17, 15) is 0 Å². The Labute approximate surface area is 96.4 Å². The third-order valence-corrected chi connectivity index (χ3v) is 2.91. The molecule has 2 N–H and O–H groups in total. The van der Waals surface area contributed by atoms with E-state index in [2.05, 4.69) is 6.92 Å². The second-order valence-electron chi connectivity index (χ2n) is 3.72. The Hall–Kier alpha value is -0.730. The first-order valence-electron chi connectivity index (χ1n) is 5.22. The van der Waals surface area contributed by atoms with Crippen molar-refractivity contribution in [2.75, 3.05) is 13.7 Å². The Morgan fingerprint density at radius 2 is 2.20 bits per heavy atom. The standard InChI is InChI=1S/C12H18ClNO/c1-9(4-3-7-14)11-6-5-10(15-2)8-12(11)13/h5-6,8-9H,3-4,7,14H2,1-2H3. The van der Waals surface area contributed by atoms with Crippen LogP contribution in [0.3, 0.4) is 0 Å². The van der Waals surface area contributed by atoms with Crippen LogP contribution in [0.1, 0.15) is 31.2 Å². The van der Waals surface area contributed by atoms with Crippen molar-refractivity contribution in [1.29, 1.82) is 0 Å². The largest absolute Gasteiger partial charge is 0.497 e. The number of ether oxygens (including phenoxy) is 1. The van der Waals surface area contributed by atoms with Gasteiger partial charge in [0, 0.05) is 5.02 Å². The molecule has 0 spiro atoms. The minimum atomic E-state index is 0.451. The van der Waals surface area contributed by atoms with E-state index in [4.69, 9.17) is 22.1 Å². The summed E-state index contributed by atoms with van der Waals surface area (Å²) in [6.45, 7) is 2.90. The maximum absolute atomic E-state index is 6.17. The first kappa shape index (κ1) is 12.3. The zero-order valence-corrected chi connectivity index (χ0v) is 10.1. The molecule has 0 aliphatic carbocycles. The minimum Gasteiger partial charge on any atom is -0.497 e. The molecule has 1 rings (SSSR count). The summed E-state index contributed by atoms with van der Waals surface area (Å²) >= 11 is 6.17. The van der Waals surface area contributed by atoms with E-state index in [1.807, 2.05) is 18.2 Å². The van der Waals surface area contributed by atoms with E-state index in [-0.39, 0.29) is 0 Å². The second-order valence-corrected chi connectivity index (χ2v) is 4.13. The van der Waals surface area contributed by atoms with Crippen LogP contribution in [0.5, 0.6) is 5.75 Å². The Morgan fingerprint density at radius 3 is 2.73 bits per heavy atom. The number of methoxy groups -OCH3 is 1. The van der Waals surface area contributed by atoms with E-state index in [0.717, 1.165) is 30.2 Å². The molecule has 15 heavy (non-hydrogen) atoms. The van der Waals surface area contributed by atoms with Gasteiger partial charge in [-0.1, -0.05) is 24.6 Å². The molecule has 3 heteroatoms. The smallest absolute Gasteiger partial charge is 0.120 e. The van der Waals surface area contributed by atoms with Crippen molar-refractivity contribution in [2.24, 2.45) is 5.73 Å². The van der Waals surface area contributed by atoms with Gasteiger partial charge in [0.15, 0.2) is 0 Å². The third kappa shape index (κ3) is 3.40. The normalized spacial score (nSPS) is 12.5. The first-order chi connectivity index (χ1) is 7.19. The highest BCUT2D eigenvalue weighted by Crippen LogP contribution is 2.30. The molecule has 1 aromatic rings. The highest BCUT2D eigenvalue weighted by molar-refractivity contribution is 6.31. The highest BCUT2D eigenvalue weighted by atomic mass is 35.5. The molecule has 0 aliphatic heterocycles. The van der Waals surface area contributed by atoms with Crippen molar-refractivity contribution < 1.29 is 4.74 Å². The summed E-state index contributed by atoms with van der Waals surface area (Å²) in [7, 11) is 1.64. The molecular weight excluding hydrogens is 210 g/mol. The second kappa shape index (κ2) is 5.99. The number of rotatable bonds is 5. The summed E-state index contributed by atoms with van der Waals surface area (Å²) in [6.07, 6.45) is 2.10. The summed E-state index contributed by atoms with van der Waals surface area (Å²) in [5.74, 6) is 1.25. The summed E-state index contributed by atoms with van der Waals surface area (Å²) < 4.78 is 5.11. The lowest BCUT2D eigenvalue weighted by Crippen LogP contribution is -2.02. The van der Waals surface area contributed by atoms with Crippen molar-refractivity contribution >= 4 is 11.6 Å². The van der Waals surface area contributed by atoms with Crippen molar-refractivity contribution in [3.63, 3.8) is 0 Å². The molecule has 2 nitrogen and oxygen atoms in total. The molecule has 0 amide bonds. The third-order valence-electron chi connectivity index (χ3n) is 2.58. The number of hydrogen-bond acceptors (Lipinski definition) is 2. The number of hydrogen-bond donors (Lipinski definition) is 1. The van der Waals surface area contributed by atoms with Crippen LogP contribution in [0.2, 0.25) is 5.02 Å². The van der Waals surface area contributed by atoms with Crippen molar-refractivity contribution in [1.82, 2.24) is 0 Å². The lowest BCUT2D eigenvalue weighted by molar-refractivity contribution is 0.414. The molecule has 0 radical (unpaired) electrons. The van der Waals surface area contributed by atoms with Crippen LogP contribution in [-0.4, -0.2) is 13.7 Å². The fourth-order valence-corrected chi connectivity index (χ4v) is 1.97. The zero-order valence-electron chi connectivity index (χ0n) is 9.29. The monoisotopic (exact) mass is 227 g/mol. The van der Waals surface area contributed by atoms with Crippen LogP contribution in [-0.2, 0) is 0 Å². The predicted octanol–water partition coefficient (Wildman–Crippen LogP) is 3.19. The van der Waals surface area contributed by atoms with Crippen LogP contribution >= 0.6 is 11.6 Å². The lowest BCUT2D eigenvalue weighted by Gasteiger charge is -2.13. The van der Waals surface area contributed by atoms with E-state index in [0.29, 0.717) is 5.92 Å². The van der Waals surface area contributed by atoms with Gasteiger partial charge in [-0.3, -0.25) is 0 Å². The SMILES string of the molecule is COc1ccc(C(C)CCCN)c(Cl)c1. The molecule has 1 atom stereocenters. The van der Waals surface area contributed by atoms with Gasteiger partial charge in [0.05, 0.1) is 7.11 Å². The topological polar surface area (TPSA) is 35.2 Å². The average molecular weight is 228 g/mol. The molecule has 1 unspecified atom stereocenters. The van der Waals surface area contributed by atoms with Crippen molar-refractivity contribution in [3.05, 3.63) is 28.8 Å². The molecule has 1 aromatic carbocycles. The van der Waals surface area contributed by atoms with Gasteiger partial charge in [-0.05, 0) is 43.0 Å². The van der Waals surface area contributed by atoms with Gasteiger partial charge in [-0.25, -0.2) is 0 Å². The van der Waals surface area contributed by atoms with Gasteiger partial charge in [0.1, 0.15) is 5.75 Å². The maximum atomic E-state index is 6.17. The van der Waals surface area contributed by atoms with Crippen LogP contribution in [0.4, 0.5) is 0 Å². The fraction of sp³-hybridized carbons (Fsp3) is 0.500. The zero-order chi connectivity index (χ0) is 11.3. The van der Waals surface area contributed by atoms with Crippen LogP contribution in [0.25, 0.3) is 0 Å². The Morgan fingerprint density at radius 1 is 1.47 bits per heavy atom. The fourth-order valence-electron chi connectivity index (χ4n) is 1.61. The summed E-state index contributed by atoms with van der Waals surface area (Å²) in [5, 5.41) is 0.777. The van der Waals surface area contributed by atoms with Crippen molar-refractivity contribution in [3.8, 4) is 5.75 Å². The summed E-state index contributed by atoms with van der Waals surface area (Å²) in [6, 6.07) is 5.83. The van der Waals surface area contributed by atoms with E-state index in [1.54, 1.807) is 7.11 Å². The molecule has 0 heterocycles. The summed E-state index contributed by atoms with van der Waals surface area (Å²) in [4.78, 5) is 0. The molecule has 0 bridgehead atoms. The molecule has 0 fully saturated rings. The molecule has 84 valence electrons. The van der Waals surface area contributed by atoms with E-state index < -0.39 is 0 Å². The maximum Gasteiger partial charge on any atom is 0.120 e. The molecular formula is C12H18ClNO. The first-order valence-corrected chi connectivity index (χ1v) is 5.60. The number of nitrogens with two attached hydrogens (primary N) is 1. The Kier molecular flexibility index (Phi) is 4.92. The summed E-state index contributed by atoms with van der Waals surface area (Å²) in [5.41, 5.74) is 6.66. The van der Waals surface area contributed by atoms with Crippen molar-refractivity contribution in [2.45, 2.75) is 25.7 Å². The Balaban J connectivity index is 2.76. The average Bonchev–Trinajstić information content (AvgIpc) is 2.25. The molecule has 0 aliphatic rings. The predicted molar refractivity (Wildman–Crippen MR) is 64.7 cm³/mol. The molecule has 0 saturated heterocycles. The Bertz CT molecular complexity index is 314. The molecule has 0 saturated carbocycles. The highest BCUT2D eigenvalue weighted by Gasteiger charge is 2.09. The van der Waals surface area contributed by atoms with E-state index in [1.165, 1.54) is 5.56 Å². The quantitative estimate of drug-likeness (QED) is 0.839. The van der Waals surface area contributed by atoms with Crippen LogP contribution in [0.15, 0.2) is 18.2 Å². The van der Waals surface area contributed by atoms with Crippen LogP contribution in [0, 0.1) is 0 Å². The molecule has 0 aromatic heterocycles. The minimum absolute atomic E-state index is 0.451. The number of benzene rings is 1. The van der Waals surface area contributed by atoms with E-state index >= 15 is 0 Å². The van der Waals surface area contributed by atoms with Gasteiger partial charge in [-0.15, -0.1) is 0 Å². The number of halogens is 1. The lowest BCUT2D eigenvalue weighted by atomic mass is 9.96. The van der Waals surface area contributed by atoms with Gasteiger partial charge in [0.25, 0.3) is 0 Å². The van der Waals surface area contributed by atoms with Gasteiger partial charge in [-0.2, -0.15) is 0 Å². The van der Waals surface area contributed by atoms with Gasteiger partial charge in [0.2, 0.25) is 0 Å². The van der Waals surface area contributed by atoms with Gasteiger partial charge >= 0.3 is 0 Å².